The summed E-state index contributed by atoms with van der Waals surface area (Å²) in [5, 5.41) is 2.60. The molecule has 0 spiro atoms. The average molecular weight is 298 g/mol. The number of carbonyl (C=O) groups excluding carboxylic acids is 2. The van der Waals surface area contributed by atoms with Crippen molar-refractivity contribution in [3.05, 3.63) is 60.2 Å². The number of carbonyl (C=O) groups is 2. The van der Waals surface area contributed by atoms with Crippen molar-refractivity contribution < 1.29 is 9.59 Å². The maximum absolute atomic E-state index is 12.3. The minimum atomic E-state index is -0.491. The molecule has 0 saturated carbocycles. The second-order valence-electron chi connectivity index (χ2n) is 4.40. The Balaban J connectivity index is 2.40. The van der Waals surface area contributed by atoms with Crippen LogP contribution in [0.1, 0.15) is 11.1 Å². The van der Waals surface area contributed by atoms with Crippen molar-refractivity contribution in [3.63, 3.8) is 0 Å². The van der Waals surface area contributed by atoms with E-state index in [0.717, 1.165) is 11.1 Å². The van der Waals surface area contributed by atoms with Gasteiger partial charge in [0.25, 0.3) is 11.8 Å². The van der Waals surface area contributed by atoms with Gasteiger partial charge in [-0.25, -0.2) is 0 Å². The predicted octanol–water partition coefficient (Wildman–Crippen LogP) is 2.14. The number of benzene rings is 1. The van der Waals surface area contributed by atoms with Gasteiger partial charge in [-0.05, 0) is 35.5 Å². The van der Waals surface area contributed by atoms with Gasteiger partial charge in [0.05, 0.1) is 0 Å². The zero-order valence-corrected chi connectivity index (χ0v) is 12.2. The van der Waals surface area contributed by atoms with Crippen LogP contribution in [0.25, 0.3) is 12.2 Å². The van der Waals surface area contributed by atoms with Crippen molar-refractivity contribution in [3.8, 4) is 0 Å². The summed E-state index contributed by atoms with van der Waals surface area (Å²) in [5.41, 5.74) is 1.70. The lowest BCUT2D eigenvalue weighted by Gasteiger charge is -2.27. The molecule has 1 fully saturated rings. The average Bonchev–Trinajstić information content (AvgIpc) is 2.48. The summed E-state index contributed by atoms with van der Waals surface area (Å²) < 4.78 is 0. The van der Waals surface area contributed by atoms with Gasteiger partial charge in [0.2, 0.25) is 0 Å². The summed E-state index contributed by atoms with van der Waals surface area (Å²) >= 11 is 4.99. The molecule has 1 N–H and O–H groups in total. The lowest BCUT2D eigenvalue weighted by molar-refractivity contribution is -0.128. The van der Waals surface area contributed by atoms with Gasteiger partial charge in [0.1, 0.15) is 5.57 Å². The molecule has 1 aliphatic rings. The maximum Gasteiger partial charge on any atom is 0.265 e. The molecule has 0 aliphatic carbocycles. The third kappa shape index (κ3) is 3.14. The highest BCUT2D eigenvalue weighted by atomic mass is 32.1. The Morgan fingerprint density at radius 2 is 1.95 bits per heavy atom. The molecule has 0 aromatic heterocycles. The molecule has 0 atom stereocenters. The molecule has 2 rings (SSSR count). The summed E-state index contributed by atoms with van der Waals surface area (Å²) in [6, 6.07) is 7.37. The van der Waals surface area contributed by atoms with Crippen LogP contribution >= 0.6 is 12.2 Å². The molecular formula is C16H14N2O2S. The van der Waals surface area contributed by atoms with Gasteiger partial charge in [-0.15, -0.1) is 6.58 Å². The molecule has 1 aromatic carbocycles. The van der Waals surface area contributed by atoms with Crippen LogP contribution < -0.4 is 5.32 Å². The molecule has 0 unspecified atom stereocenters. The minimum absolute atomic E-state index is 0.0478. The van der Waals surface area contributed by atoms with Crippen LogP contribution in [0.4, 0.5) is 0 Å². The zero-order chi connectivity index (χ0) is 15.4. The minimum Gasteiger partial charge on any atom is -0.298 e. The number of nitrogens with one attached hydrogen (secondary N) is 1. The van der Waals surface area contributed by atoms with Crippen molar-refractivity contribution in [2.75, 3.05) is 6.54 Å². The predicted molar refractivity (Wildman–Crippen MR) is 87.2 cm³/mol. The molecule has 1 saturated heterocycles. The third-order valence-corrected chi connectivity index (χ3v) is 3.28. The van der Waals surface area contributed by atoms with Crippen LogP contribution in [0.2, 0.25) is 0 Å². The molecule has 106 valence electrons. The molecule has 21 heavy (non-hydrogen) atoms. The van der Waals surface area contributed by atoms with Gasteiger partial charge < -0.3 is 0 Å². The lowest BCUT2D eigenvalue weighted by atomic mass is 10.1. The van der Waals surface area contributed by atoms with Crippen LogP contribution in [0.3, 0.4) is 0 Å². The Morgan fingerprint density at radius 1 is 1.24 bits per heavy atom. The third-order valence-electron chi connectivity index (χ3n) is 2.95. The number of hydrogen-bond donors (Lipinski definition) is 1. The van der Waals surface area contributed by atoms with E-state index in [4.69, 9.17) is 12.2 Å². The summed E-state index contributed by atoms with van der Waals surface area (Å²) in [4.78, 5) is 25.6. The van der Waals surface area contributed by atoms with E-state index in [1.165, 1.54) is 4.90 Å². The van der Waals surface area contributed by atoms with Gasteiger partial charge in [-0.1, -0.05) is 36.9 Å². The molecule has 0 bridgehead atoms. The molecule has 2 amide bonds. The van der Waals surface area contributed by atoms with Crippen molar-refractivity contribution >= 4 is 41.3 Å². The van der Waals surface area contributed by atoms with Gasteiger partial charge in [0, 0.05) is 6.54 Å². The highest BCUT2D eigenvalue weighted by Crippen LogP contribution is 2.16. The topological polar surface area (TPSA) is 49.4 Å². The standard InChI is InChI=1S/C16H14N2O2S/c1-3-8-18-15(20)13(14(19)17-16(18)21)10-12-7-5-6-11(4-2)9-12/h3-7,9-10H,1-2,8H2,(H,17,19,21). The van der Waals surface area contributed by atoms with E-state index in [-0.39, 0.29) is 17.2 Å². The molecule has 5 heteroatoms. The van der Waals surface area contributed by atoms with Gasteiger partial charge in [-0.2, -0.15) is 0 Å². The van der Waals surface area contributed by atoms with E-state index in [0.29, 0.717) is 0 Å². The second kappa shape index (κ2) is 6.28. The Bertz CT molecular complexity index is 677. The lowest BCUT2D eigenvalue weighted by Crippen LogP contribution is -2.53. The molecular weight excluding hydrogens is 284 g/mol. The zero-order valence-electron chi connectivity index (χ0n) is 11.3. The quantitative estimate of drug-likeness (QED) is 0.401. The Labute approximate surface area is 128 Å². The van der Waals surface area contributed by atoms with Crippen molar-refractivity contribution in [2.24, 2.45) is 0 Å². The normalized spacial score (nSPS) is 16.9. The second-order valence-corrected chi connectivity index (χ2v) is 4.78. The molecule has 1 aliphatic heterocycles. The van der Waals surface area contributed by atoms with E-state index in [9.17, 15) is 9.59 Å². The van der Waals surface area contributed by atoms with E-state index < -0.39 is 11.8 Å². The first-order chi connectivity index (χ1) is 10.1. The Morgan fingerprint density at radius 3 is 2.62 bits per heavy atom. The summed E-state index contributed by atoms with van der Waals surface area (Å²) in [6.07, 6.45) is 4.80. The Kier molecular flexibility index (Phi) is 4.45. The van der Waals surface area contributed by atoms with Crippen LogP contribution in [0, 0.1) is 0 Å². The number of amides is 2. The van der Waals surface area contributed by atoms with Crippen LogP contribution in [-0.4, -0.2) is 28.4 Å². The summed E-state index contributed by atoms with van der Waals surface area (Å²) in [7, 11) is 0. The largest absolute Gasteiger partial charge is 0.298 e. The number of rotatable bonds is 4. The van der Waals surface area contributed by atoms with Gasteiger partial charge in [-0.3, -0.25) is 19.8 Å². The van der Waals surface area contributed by atoms with Crippen molar-refractivity contribution in [1.29, 1.82) is 0 Å². The first kappa shape index (κ1) is 14.9. The molecule has 4 nitrogen and oxygen atoms in total. The van der Waals surface area contributed by atoms with Crippen molar-refractivity contribution in [2.45, 2.75) is 0 Å². The smallest absolute Gasteiger partial charge is 0.265 e. The monoisotopic (exact) mass is 298 g/mol. The maximum atomic E-state index is 12.3. The van der Waals surface area contributed by atoms with Crippen molar-refractivity contribution in [1.82, 2.24) is 10.2 Å². The van der Waals surface area contributed by atoms with Gasteiger partial charge >= 0.3 is 0 Å². The molecule has 0 radical (unpaired) electrons. The highest BCUT2D eigenvalue weighted by molar-refractivity contribution is 7.80. The van der Waals surface area contributed by atoms with E-state index in [1.54, 1.807) is 18.2 Å². The SMILES string of the molecule is C=CCN1C(=O)C(=Cc2cccc(C=C)c2)C(=O)NC1=S. The molecule has 1 aromatic rings. The fraction of sp³-hybridized carbons (Fsp3) is 0.0625. The molecule has 1 heterocycles. The highest BCUT2D eigenvalue weighted by Gasteiger charge is 2.32. The van der Waals surface area contributed by atoms with Gasteiger partial charge in [0.15, 0.2) is 5.11 Å². The van der Waals surface area contributed by atoms with E-state index in [1.807, 2.05) is 24.3 Å². The van der Waals surface area contributed by atoms with Crippen LogP contribution in [0.5, 0.6) is 0 Å². The fourth-order valence-corrected chi connectivity index (χ4v) is 2.18. The fourth-order valence-electron chi connectivity index (χ4n) is 1.93. The number of hydrogen-bond acceptors (Lipinski definition) is 3. The number of thiocarbonyl (C=S) groups is 1. The van der Waals surface area contributed by atoms with E-state index in [2.05, 4.69) is 18.5 Å². The van der Waals surface area contributed by atoms with E-state index >= 15 is 0 Å². The van der Waals surface area contributed by atoms with Crippen LogP contribution in [-0.2, 0) is 9.59 Å². The first-order valence-electron chi connectivity index (χ1n) is 6.29. The summed E-state index contributed by atoms with van der Waals surface area (Å²) in [6.45, 7) is 7.52. The van der Waals surface area contributed by atoms with Crippen LogP contribution in [0.15, 0.2) is 49.1 Å². The summed E-state index contributed by atoms with van der Waals surface area (Å²) in [5.74, 6) is -0.915. The Hall–Kier alpha value is -2.53. The number of nitrogens with zero attached hydrogens (tertiary/aromatic N) is 1. The first-order valence-corrected chi connectivity index (χ1v) is 6.70.